The number of hydrogen-bond acceptors (Lipinski definition) is 4. The number of carbonyl (C=O) groups is 1. The number of likely N-dealkylation sites (tertiary alicyclic amines) is 1. The number of aryl methyl sites for hydroxylation is 1. The number of aromatic nitrogens is 3. The summed E-state index contributed by atoms with van der Waals surface area (Å²) < 4.78 is 1.90. The van der Waals surface area contributed by atoms with Gasteiger partial charge in [-0.1, -0.05) is 6.92 Å². The maximum atomic E-state index is 11.1. The highest BCUT2D eigenvalue weighted by Crippen LogP contribution is 2.25. The normalized spacial score (nSPS) is 24.6. The first kappa shape index (κ1) is 13.0. The minimum atomic E-state index is -0.694. The van der Waals surface area contributed by atoms with Gasteiger partial charge in [0.1, 0.15) is 12.2 Å². The van der Waals surface area contributed by atoms with Gasteiger partial charge in [-0.25, -0.2) is 9.67 Å². The monoisotopic (exact) mass is 252 g/mol. The van der Waals surface area contributed by atoms with Crippen LogP contribution in [-0.4, -0.2) is 43.3 Å². The Bertz CT molecular complexity index is 418. The van der Waals surface area contributed by atoms with Crippen molar-refractivity contribution in [3.8, 4) is 0 Å². The van der Waals surface area contributed by atoms with Gasteiger partial charge >= 0.3 is 5.97 Å². The van der Waals surface area contributed by atoms with Crippen molar-refractivity contribution in [2.75, 3.05) is 6.54 Å². The molecule has 1 aliphatic heterocycles. The lowest BCUT2D eigenvalue weighted by molar-refractivity contribution is -0.142. The molecule has 2 unspecified atom stereocenters. The van der Waals surface area contributed by atoms with Crippen LogP contribution in [0.25, 0.3) is 0 Å². The summed E-state index contributed by atoms with van der Waals surface area (Å²) in [7, 11) is 0. The molecule has 1 saturated heterocycles. The summed E-state index contributed by atoms with van der Waals surface area (Å²) in [5, 5.41) is 13.3. The highest BCUT2D eigenvalue weighted by Gasteiger charge is 2.35. The number of hydrogen-bond donors (Lipinski definition) is 1. The molecular formula is C12H20N4O2. The summed E-state index contributed by atoms with van der Waals surface area (Å²) in [6, 6.07) is 0.0641. The number of carboxylic acids is 1. The second kappa shape index (κ2) is 5.48. The summed E-state index contributed by atoms with van der Waals surface area (Å²) in [5.74, 6) is -0.0256. The van der Waals surface area contributed by atoms with Crippen molar-refractivity contribution in [2.45, 2.75) is 45.8 Å². The van der Waals surface area contributed by atoms with Gasteiger partial charge in [0.2, 0.25) is 0 Å². The van der Waals surface area contributed by atoms with Gasteiger partial charge < -0.3 is 5.11 Å². The van der Waals surface area contributed by atoms with Crippen molar-refractivity contribution in [1.82, 2.24) is 19.7 Å². The largest absolute Gasteiger partial charge is 0.481 e. The third-order valence-corrected chi connectivity index (χ3v) is 3.68. The molecule has 0 aliphatic carbocycles. The van der Waals surface area contributed by atoms with Crippen molar-refractivity contribution in [3.63, 3.8) is 0 Å². The fourth-order valence-electron chi connectivity index (χ4n) is 2.55. The smallest absolute Gasteiger partial charge is 0.308 e. The van der Waals surface area contributed by atoms with Crippen molar-refractivity contribution in [3.05, 3.63) is 12.2 Å². The predicted octanol–water partition coefficient (Wildman–Crippen LogP) is 0.983. The van der Waals surface area contributed by atoms with Gasteiger partial charge in [0, 0.05) is 12.6 Å². The van der Waals surface area contributed by atoms with Crippen molar-refractivity contribution < 1.29 is 9.90 Å². The average Bonchev–Trinajstić information content (AvgIpc) is 2.89. The van der Waals surface area contributed by atoms with E-state index < -0.39 is 5.97 Å². The zero-order valence-electron chi connectivity index (χ0n) is 10.9. The van der Waals surface area contributed by atoms with Crippen LogP contribution in [0, 0.1) is 5.92 Å². The maximum Gasteiger partial charge on any atom is 0.308 e. The van der Waals surface area contributed by atoms with Crippen LogP contribution in [0.3, 0.4) is 0 Å². The van der Waals surface area contributed by atoms with Crippen molar-refractivity contribution in [2.24, 2.45) is 5.92 Å². The second-order valence-corrected chi connectivity index (χ2v) is 4.84. The van der Waals surface area contributed by atoms with E-state index in [9.17, 15) is 4.79 Å². The van der Waals surface area contributed by atoms with Crippen LogP contribution >= 0.6 is 0 Å². The first-order valence-corrected chi connectivity index (χ1v) is 6.47. The molecule has 0 saturated carbocycles. The Morgan fingerprint density at radius 3 is 3.00 bits per heavy atom. The highest BCUT2D eigenvalue weighted by molar-refractivity contribution is 5.71. The first-order valence-electron chi connectivity index (χ1n) is 6.47. The molecule has 18 heavy (non-hydrogen) atoms. The molecule has 1 aromatic heterocycles. The minimum Gasteiger partial charge on any atom is -0.481 e. The van der Waals surface area contributed by atoms with Gasteiger partial charge in [-0.3, -0.25) is 9.69 Å². The maximum absolute atomic E-state index is 11.1. The topological polar surface area (TPSA) is 71.2 Å². The fraction of sp³-hybridized carbons (Fsp3) is 0.750. The molecular weight excluding hydrogens is 232 g/mol. The molecule has 2 atom stereocenters. The van der Waals surface area contributed by atoms with E-state index in [2.05, 4.69) is 21.9 Å². The molecule has 0 spiro atoms. The van der Waals surface area contributed by atoms with Crippen LogP contribution in [0.5, 0.6) is 0 Å². The molecule has 0 amide bonds. The van der Waals surface area contributed by atoms with Gasteiger partial charge in [0.25, 0.3) is 0 Å². The van der Waals surface area contributed by atoms with Crippen LogP contribution in [0.2, 0.25) is 0 Å². The Labute approximate surface area is 107 Å². The molecule has 0 bridgehead atoms. The number of rotatable bonds is 5. The molecule has 0 aromatic carbocycles. The fourth-order valence-corrected chi connectivity index (χ4v) is 2.55. The molecule has 6 heteroatoms. The van der Waals surface area contributed by atoms with Gasteiger partial charge in [-0.05, 0) is 26.3 Å². The average molecular weight is 252 g/mol. The molecule has 1 fully saturated rings. The van der Waals surface area contributed by atoms with E-state index in [0.717, 1.165) is 31.8 Å². The highest BCUT2D eigenvalue weighted by atomic mass is 16.4. The molecule has 2 rings (SSSR count). The van der Waals surface area contributed by atoms with Gasteiger partial charge in [-0.2, -0.15) is 5.10 Å². The molecule has 1 aromatic rings. The summed E-state index contributed by atoms with van der Waals surface area (Å²) in [4.78, 5) is 17.5. The quantitative estimate of drug-likeness (QED) is 0.846. The SMILES string of the molecule is CCCn1ncnc1CN1CCC(C(=O)O)C1C. The van der Waals surface area contributed by atoms with Gasteiger partial charge in [-0.15, -0.1) is 0 Å². The van der Waals surface area contributed by atoms with E-state index in [4.69, 9.17) is 5.11 Å². The lowest BCUT2D eigenvalue weighted by Gasteiger charge is -2.22. The molecule has 0 radical (unpaired) electrons. The summed E-state index contributed by atoms with van der Waals surface area (Å²) >= 11 is 0. The third-order valence-electron chi connectivity index (χ3n) is 3.68. The van der Waals surface area contributed by atoms with Crippen LogP contribution in [0.15, 0.2) is 6.33 Å². The van der Waals surface area contributed by atoms with Crippen molar-refractivity contribution >= 4 is 5.97 Å². The van der Waals surface area contributed by atoms with Crippen LogP contribution in [0.4, 0.5) is 0 Å². The molecule has 6 nitrogen and oxygen atoms in total. The second-order valence-electron chi connectivity index (χ2n) is 4.84. The predicted molar refractivity (Wildman–Crippen MR) is 65.9 cm³/mol. The van der Waals surface area contributed by atoms with E-state index in [-0.39, 0.29) is 12.0 Å². The van der Waals surface area contributed by atoms with E-state index in [1.54, 1.807) is 6.33 Å². The molecule has 1 aliphatic rings. The lowest BCUT2D eigenvalue weighted by atomic mass is 10.0. The summed E-state index contributed by atoms with van der Waals surface area (Å²) in [6.45, 7) is 6.44. The number of carboxylic acid groups (broad SMARTS) is 1. The van der Waals surface area contributed by atoms with Crippen LogP contribution < -0.4 is 0 Å². The Balaban J connectivity index is 2.02. The zero-order valence-corrected chi connectivity index (χ0v) is 10.9. The molecule has 2 heterocycles. The molecule has 100 valence electrons. The lowest BCUT2D eigenvalue weighted by Crippen LogP contribution is -2.33. The Morgan fingerprint density at radius 2 is 2.39 bits per heavy atom. The number of nitrogens with zero attached hydrogens (tertiary/aromatic N) is 4. The molecule has 1 N–H and O–H groups in total. The van der Waals surface area contributed by atoms with E-state index >= 15 is 0 Å². The Hall–Kier alpha value is -1.43. The summed E-state index contributed by atoms with van der Waals surface area (Å²) in [6.07, 6.45) is 3.31. The van der Waals surface area contributed by atoms with E-state index in [0.29, 0.717) is 6.54 Å². The standard InChI is InChI=1S/C12H20N4O2/c1-3-5-16-11(13-8-14-16)7-15-6-4-10(9(15)2)12(17)18/h8-10H,3-7H2,1-2H3,(H,17,18). The Kier molecular flexibility index (Phi) is 3.96. The third kappa shape index (κ3) is 2.53. The van der Waals surface area contributed by atoms with E-state index in [1.165, 1.54) is 0 Å². The van der Waals surface area contributed by atoms with Gasteiger partial charge in [0.15, 0.2) is 0 Å². The minimum absolute atomic E-state index is 0.0641. The zero-order chi connectivity index (χ0) is 13.1. The van der Waals surface area contributed by atoms with Crippen LogP contribution in [0.1, 0.15) is 32.5 Å². The number of aliphatic carboxylic acids is 1. The summed E-state index contributed by atoms with van der Waals surface area (Å²) in [5.41, 5.74) is 0. The van der Waals surface area contributed by atoms with E-state index in [1.807, 2.05) is 11.6 Å². The first-order chi connectivity index (χ1) is 8.63. The van der Waals surface area contributed by atoms with Crippen LogP contribution in [-0.2, 0) is 17.9 Å². The Morgan fingerprint density at radius 1 is 1.61 bits per heavy atom. The van der Waals surface area contributed by atoms with Gasteiger partial charge in [0.05, 0.1) is 12.5 Å². The van der Waals surface area contributed by atoms with Crippen molar-refractivity contribution in [1.29, 1.82) is 0 Å².